The Balaban J connectivity index is 1.87. The summed E-state index contributed by atoms with van der Waals surface area (Å²) in [5.41, 5.74) is 2.74. The van der Waals surface area contributed by atoms with E-state index >= 15 is 0 Å². The van der Waals surface area contributed by atoms with E-state index in [0.717, 1.165) is 0 Å². The molecular formula is C18H26N2S. The van der Waals surface area contributed by atoms with Crippen molar-refractivity contribution in [3.63, 3.8) is 0 Å². The summed E-state index contributed by atoms with van der Waals surface area (Å²) in [6.07, 6.45) is 6.05. The molecule has 0 aliphatic carbocycles. The van der Waals surface area contributed by atoms with Gasteiger partial charge in [-0.25, -0.2) is 0 Å². The zero-order chi connectivity index (χ0) is 15.0. The first-order valence-electron chi connectivity index (χ1n) is 7.92. The van der Waals surface area contributed by atoms with Crippen LogP contribution in [0.5, 0.6) is 0 Å². The molecule has 21 heavy (non-hydrogen) atoms. The van der Waals surface area contributed by atoms with Crippen molar-refractivity contribution >= 4 is 22.7 Å². The van der Waals surface area contributed by atoms with Crippen molar-refractivity contribution < 1.29 is 0 Å². The lowest BCUT2D eigenvalue weighted by molar-refractivity contribution is 0.310. The van der Waals surface area contributed by atoms with Crippen LogP contribution in [0, 0.1) is 0 Å². The first-order valence-corrected chi connectivity index (χ1v) is 8.73. The molecule has 2 heterocycles. The van der Waals surface area contributed by atoms with Gasteiger partial charge < -0.3 is 9.88 Å². The Bertz CT molecular complexity index is 624. The summed E-state index contributed by atoms with van der Waals surface area (Å²) in [4.78, 5) is 7.32. The minimum Gasteiger partial charge on any atom is -0.361 e. The van der Waals surface area contributed by atoms with Gasteiger partial charge >= 0.3 is 0 Å². The molecule has 3 rings (SSSR count). The zero-order valence-electron chi connectivity index (χ0n) is 13.6. The summed E-state index contributed by atoms with van der Waals surface area (Å²) in [6, 6.07) is 7.54. The first-order chi connectivity index (χ1) is 9.92. The number of likely N-dealkylation sites (tertiary alicyclic amines) is 1. The molecule has 1 atom stereocenters. The van der Waals surface area contributed by atoms with E-state index in [4.69, 9.17) is 0 Å². The van der Waals surface area contributed by atoms with Gasteiger partial charge in [0.1, 0.15) is 0 Å². The minimum atomic E-state index is 0.260. The topological polar surface area (TPSA) is 19.0 Å². The number of rotatable bonds is 3. The molecule has 1 fully saturated rings. The van der Waals surface area contributed by atoms with Crippen LogP contribution in [-0.2, 0) is 6.42 Å². The smallest absolute Gasteiger partial charge is 0.0457 e. The highest BCUT2D eigenvalue weighted by atomic mass is 32.2. The van der Waals surface area contributed by atoms with Crippen LogP contribution in [0.2, 0.25) is 0 Å². The molecule has 0 amide bonds. The number of nitrogens with one attached hydrogen (secondary N) is 1. The summed E-state index contributed by atoms with van der Waals surface area (Å²) in [5, 5.41) is 1.41. The van der Waals surface area contributed by atoms with Gasteiger partial charge in [0, 0.05) is 32.8 Å². The van der Waals surface area contributed by atoms with Crippen LogP contribution in [0.4, 0.5) is 0 Å². The Morgan fingerprint density at radius 1 is 1.33 bits per heavy atom. The highest BCUT2D eigenvalue weighted by molar-refractivity contribution is 8.00. The van der Waals surface area contributed by atoms with E-state index in [1.165, 1.54) is 47.2 Å². The zero-order valence-corrected chi connectivity index (χ0v) is 14.4. The molecule has 114 valence electrons. The second kappa shape index (κ2) is 5.69. The van der Waals surface area contributed by atoms with Crippen LogP contribution >= 0.6 is 11.8 Å². The number of fused-ring (bicyclic) bond motifs is 1. The second-order valence-corrected chi connectivity index (χ2v) is 9.12. The molecule has 2 aromatic rings. The van der Waals surface area contributed by atoms with Crippen molar-refractivity contribution in [1.29, 1.82) is 0 Å². The van der Waals surface area contributed by atoms with Gasteiger partial charge in [-0.2, -0.15) is 0 Å². The Hall–Kier alpha value is -0.930. The van der Waals surface area contributed by atoms with E-state index in [2.05, 4.69) is 62.1 Å². The number of hydrogen-bond donors (Lipinski definition) is 1. The van der Waals surface area contributed by atoms with Crippen molar-refractivity contribution in [3.8, 4) is 0 Å². The van der Waals surface area contributed by atoms with Crippen molar-refractivity contribution in [1.82, 2.24) is 9.88 Å². The summed E-state index contributed by atoms with van der Waals surface area (Å²) < 4.78 is 0.260. The number of hydrogen-bond acceptors (Lipinski definition) is 2. The van der Waals surface area contributed by atoms with Gasteiger partial charge in [-0.3, -0.25) is 0 Å². The maximum absolute atomic E-state index is 3.44. The molecule has 1 aliphatic heterocycles. The van der Waals surface area contributed by atoms with E-state index in [1.54, 1.807) is 0 Å². The Labute approximate surface area is 132 Å². The molecular weight excluding hydrogens is 276 g/mol. The van der Waals surface area contributed by atoms with E-state index in [9.17, 15) is 0 Å². The maximum Gasteiger partial charge on any atom is 0.0457 e. The summed E-state index contributed by atoms with van der Waals surface area (Å²) >= 11 is 1.95. The quantitative estimate of drug-likeness (QED) is 0.829. The standard InChI is InChI=1S/C18H26N2S/c1-18(2,3)21-15-7-8-17-16(11-15)13(12-19-17)10-14-6-5-9-20(14)4/h7-8,11-12,14,19H,5-6,9-10H2,1-4H3/t14-/m1/s1. The van der Waals surface area contributed by atoms with Crippen molar-refractivity contribution in [3.05, 3.63) is 30.0 Å². The molecule has 1 aromatic carbocycles. The van der Waals surface area contributed by atoms with Gasteiger partial charge in [-0.1, -0.05) is 20.8 Å². The highest BCUT2D eigenvalue weighted by Crippen LogP contribution is 2.34. The maximum atomic E-state index is 3.44. The number of H-pyrrole nitrogens is 1. The van der Waals surface area contributed by atoms with Crippen LogP contribution in [0.1, 0.15) is 39.2 Å². The first kappa shape index (κ1) is 15.0. The molecule has 1 aliphatic rings. The molecule has 1 saturated heterocycles. The Morgan fingerprint density at radius 3 is 2.81 bits per heavy atom. The average Bonchev–Trinajstić information content (AvgIpc) is 2.96. The largest absolute Gasteiger partial charge is 0.361 e. The number of aromatic amines is 1. The second-order valence-electron chi connectivity index (χ2n) is 7.22. The number of nitrogens with zero attached hydrogens (tertiary/aromatic N) is 1. The number of likely N-dealkylation sites (N-methyl/N-ethyl adjacent to an activating group) is 1. The number of aromatic nitrogens is 1. The Morgan fingerprint density at radius 2 is 2.14 bits per heavy atom. The molecule has 0 saturated carbocycles. The molecule has 0 unspecified atom stereocenters. The van der Waals surface area contributed by atoms with E-state index in [1.807, 2.05) is 11.8 Å². The molecule has 0 spiro atoms. The van der Waals surface area contributed by atoms with E-state index in [-0.39, 0.29) is 4.75 Å². The van der Waals surface area contributed by atoms with Crippen molar-refractivity contribution in [2.45, 2.75) is 55.7 Å². The number of benzene rings is 1. The van der Waals surface area contributed by atoms with Crippen LogP contribution < -0.4 is 0 Å². The van der Waals surface area contributed by atoms with E-state index < -0.39 is 0 Å². The predicted molar refractivity (Wildman–Crippen MR) is 93.3 cm³/mol. The fraction of sp³-hybridized carbons (Fsp3) is 0.556. The minimum absolute atomic E-state index is 0.260. The molecule has 1 N–H and O–H groups in total. The molecule has 2 nitrogen and oxygen atoms in total. The fourth-order valence-corrected chi connectivity index (χ4v) is 4.25. The SMILES string of the molecule is CN1CCC[C@@H]1Cc1c[nH]c2ccc(SC(C)(C)C)cc12. The van der Waals surface area contributed by atoms with Crippen LogP contribution in [0.3, 0.4) is 0 Å². The monoisotopic (exact) mass is 302 g/mol. The molecule has 3 heteroatoms. The lowest BCUT2D eigenvalue weighted by Gasteiger charge is -2.19. The lowest BCUT2D eigenvalue weighted by Crippen LogP contribution is -2.26. The van der Waals surface area contributed by atoms with Gasteiger partial charge in [-0.05, 0) is 56.6 Å². The summed E-state index contributed by atoms with van der Waals surface area (Å²) in [6.45, 7) is 8.06. The van der Waals surface area contributed by atoms with E-state index in [0.29, 0.717) is 6.04 Å². The third kappa shape index (κ3) is 3.46. The third-order valence-corrected chi connectivity index (χ3v) is 5.39. The van der Waals surface area contributed by atoms with Crippen molar-refractivity contribution in [2.24, 2.45) is 0 Å². The average molecular weight is 302 g/mol. The van der Waals surface area contributed by atoms with Gasteiger partial charge in [0.25, 0.3) is 0 Å². The van der Waals surface area contributed by atoms with Gasteiger partial charge in [0.15, 0.2) is 0 Å². The predicted octanol–water partition coefficient (Wildman–Crippen LogP) is 4.70. The molecule has 1 aromatic heterocycles. The third-order valence-electron chi connectivity index (χ3n) is 4.29. The van der Waals surface area contributed by atoms with Gasteiger partial charge in [0.2, 0.25) is 0 Å². The fourth-order valence-electron chi connectivity index (χ4n) is 3.23. The van der Waals surface area contributed by atoms with Crippen molar-refractivity contribution in [2.75, 3.05) is 13.6 Å². The van der Waals surface area contributed by atoms with Crippen LogP contribution in [0.25, 0.3) is 10.9 Å². The Kier molecular flexibility index (Phi) is 4.06. The highest BCUT2D eigenvalue weighted by Gasteiger charge is 2.22. The molecule has 0 bridgehead atoms. The summed E-state index contributed by atoms with van der Waals surface area (Å²) in [7, 11) is 2.26. The lowest BCUT2D eigenvalue weighted by atomic mass is 10.0. The van der Waals surface area contributed by atoms with Gasteiger partial charge in [0.05, 0.1) is 0 Å². The summed E-state index contributed by atoms with van der Waals surface area (Å²) in [5.74, 6) is 0. The number of thioether (sulfide) groups is 1. The van der Waals surface area contributed by atoms with Crippen LogP contribution in [0.15, 0.2) is 29.3 Å². The normalized spacial score (nSPS) is 20.5. The van der Waals surface area contributed by atoms with Crippen LogP contribution in [-0.4, -0.2) is 34.3 Å². The van der Waals surface area contributed by atoms with Gasteiger partial charge in [-0.15, -0.1) is 11.8 Å². The molecule has 0 radical (unpaired) electrons.